The van der Waals surface area contributed by atoms with Crippen LogP contribution in [0, 0.1) is 0 Å². The highest BCUT2D eigenvalue weighted by molar-refractivity contribution is 9.09. The average Bonchev–Trinajstić information content (AvgIpc) is 2.62. The molecule has 1 aromatic rings. The van der Waals surface area contributed by atoms with Crippen molar-refractivity contribution in [2.75, 3.05) is 7.11 Å². The number of methoxy groups -OCH3 is 1. The van der Waals surface area contributed by atoms with Crippen LogP contribution in [0.2, 0.25) is 0 Å². The number of fused-ring (bicyclic) bond motifs is 1. The average molecular weight is 259 g/mol. The van der Waals surface area contributed by atoms with Crippen LogP contribution in [0.3, 0.4) is 0 Å². The number of rotatable bonds is 1. The first kappa shape index (κ1) is 9.26. The molecule has 5 nitrogen and oxygen atoms in total. The van der Waals surface area contributed by atoms with E-state index in [9.17, 15) is 4.79 Å². The van der Waals surface area contributed by atoms with Gasteiger partial charge in [-0.3, -0.25) is 4.57 Å². The van der Waals surface area contributed by atoms with Crippen molar-refractivity contribution in [1.82, 2.24) is 9.55 Å². The fraction of sp³-hybridized carbons (Fsp3) is 0.250. The molecule has 74 valence electrons. The molecule has 0 bridgehead atoms. The third-order valence-electron chi connectivity index (χ3n) is 1.77. The van der Waals surface area contributed by atoms with Crippen molar-refractivity contribution in [2.24, 2.45) is 0 Å². The lowest BCUT2D eigenvalue weighted by atomic mass is 10.5. The molecule has 2 heterocycles. The van der Waals surface area contributed by atoms with E-state index in [-0.39, 0.29) is 10.6 Å². The maximum Gasteiger partial charge on any atom is 0.358 e. The van der Waals surface area contributed by atoms with Gasteiger partial charge in [-0.15, -0.1) is 0 Å². The van der Waals surface area contributed by atoms with Gasteiger partial charge >= 0.3 is 12.0 Å². The van der Waals surface area contributed by atoms with Crippen LogP contribution < -0.4 is 4.74 Å². The maximum atomic E-state index is 11.1. The van der Waals surface area contributed by atoms with Gasteiger partial charge in [-0.2, -0.15) is 4.98 Å². The second kappa shape index (κ2) is 3.45. The predicted molar refractivity (Wildman–Crippen MR) is 51.3 cm³/mol. The zero-order chi connectivity index (χ0) is 10.1. The van der Waals surface area contributed by atoms with E-state index in [1.165, 1.54) is 13.4 Å². The number of hydrogen-bond acceptors (Lipinski definition) is 4. The second-order valence-electron chi connectivity index (χ2n) is 2.63. The van der Waals surface area contributed by atoms with Crippen LogP contribution in [-0.2, 0) is 4.74 Å². The van der Waals surface area contributed by atoms with Gasteiger partial charge in [-0.25, -0.2) is 4.79 Å². The molecule has 0 aromatic carbocycles. The number of hydrogen-bond donors (Lipinski definition) is 0. The van der Waals surface area contributed by atoms with E-state index in [4.69, 9.17) is 4.74 Å². The Bertz CT molecular complexity index is 399. The van der Waals surface area contributed by atoms with E-state index >= 15 is 0 Å². The molecule has 0 fully saturated rings. The number of carbonyl (C=O) groups excluding carboxylic acids is 1. The van der Waals surface area contributed by atoms with Crippen LogP contribution in [0.5, 0.6) is 6.01 Å². The summed E-state index contributed by atoms with van der Waals surface area (Å²) >= 11 is 3.38. The number of halogens is 1. The molecular weight excluding hydrogens is 252 g/mol. The SMILES string of the molecule is COC(=O)c1cn2c(n1)OC=CC2Br. The van der Waals surface area contributed by atoms with Gasteiger partial charge in [-0.05, 0) is 6.08 Å². The minimum Gasteiger partial charge on any atom is -0.464 e. The molecule has 0 amide bonds. The summed E-state index contributed by atoms with van der Waals surface area (Å²) in [6.07, 6.45) is 4.88. The Morgan fingerprint density at radius 3 is 3.21 bits per heavy atom. The molecule has 0 saturated heterocycles. The van der Waals surface area contributed by atoms with E-state index in [2.05, 4.69) is 25.7 Å². The van der Waals surface area contributed by atoms with Crippen LogP contribution in [0.4, 0.5) is 0 Å². The Morgan fingerprint density at radius 1 is 1.79 bits per heavy atom. The molecule has 0 aliphatic carbocycles. The maximum absolute atomic E-state index is 11.1. The number of imidazole rings is 1. The molecule has 0 N–H and O–H groups in total. The van der Waals surface area contributed by atoms with Gasteiger partial charge in [0.15, 0.2) is 5.69 Å². The number of carbonyl (C=O) groups is 1. The number of allylic oxidation sites excluding steroid dienone is 1. The third kappa shape index (κ3) is 1.41. The molecular formula is C8H7BrN2O3. The van der Waals surface area contributed by atoms with E-state index < -0.39 is 5.97 Å². The summed E-state index contributed by atoms with van der Waals surface area (Å²) in [4.78, 5) is 15.1. The summed E-state index contributed by atoms with van der Waals surface area (Å²) in [5.41, 5.74) is 0.232. The molecule has 6 heteroatoms. The topological polar surface area (TPSA) is 53.4 Å². The van der Waals surface area contributed by atoms with Gasteiger partial charge in [0, 0.05) is 6.20 Å². The van der Waals surface area contributed by atoms with Crippen LogP contribution in [0.1, 0.15) is 15.4 Å². The van der Waals surface area contributed by atoms with Crippen molar-refractivity contribution < 1.29 is 14.3 Å². The van der Waals surface area contributed by atoms with Crippen molar-refractivity contribution >= 4 is 21.9 Å². The van der Waals surface area contributed by atoms with E-state index in [1.54, 1.807) is 16.8 Å². The summed E-state index contributed by atoms with van der Waals surface area (Å²) in [6.45, 7) is 0. The zero-order valence-electron chi connectivity index (χ0n) is 7.31. The molecule has 0 saturated carbocycles. The number of ether oxygens (including phenoxy) is 2. The van der Waals surface area contributed by atoms with Gasteiger partial charge < -0.3 is 9.47 Å². The summed E-state index contributed by atoms with van der Waals surface area (Å²) in [6, 6.07) is 0.370. The summed E-state index contributed by atoms with van der Waals surface area (Å²) in [5, 5.41) is 0. The smallest absolute Gasteiger partial charge is 0.358 e. The lowest BCUT2D eigenvalue weighted by Crippen LogP contribution is -2.05. The van der Waals surface area contributed by atoms with Gasteiger partial charge in [0.05, 0.1) is 13.4 Å². The molecule has 1 aromatic heterocycles. The van der Waals surface area contributed by atoms with Gasteiger partial charge in [0.25, 0.3) is 0 Å². The third-order valence-corrected chi connectivity index (χ3v) is 2.52. The summed E-state index contributed by atoms with van der Waals surface area (Å²) < 4.78 is 11.3. The van der Waals surface area contributed by atoms with Crippen LogP contribution in [0.15, 0.2) is 18.5 Å². The Kier molecular flexibility index (Phi) is 2.28. The molecule has 1 aliphatic rings. The van der Waals surface area contributed by atoms with Crippen molar-refractivity contribution in [3.05, 3.63) is 24.2 Å². The van der Waals surface area contributed by atoms with Crippen molar-refractivity contribution in [3.8, 4) is 6.01 Å². The first-order valence-electron chi connectivity index (χ1n) is 3.87. The highest BCUT2D eigenvalue weighted by Gasteiger charge is 2.20. The second-order valence-corrected chi connectivity index (χ2v) is 3.56. The van der Waals surface area contributed by atoms with Gasteiger partial charge in [0.2, 0.25) is 0 Å². The highest BCUT2D eigenvalue weighted by Crippen LogP contribution is 2.27. The zero-order valence-corrected chi connectivity index (χ0v) is 8.89. The quantitative estimate of drug-likeness (QED) is 0.566. The first-order chi connectivity index (χ1) is 6.72. The van der Waals surface area contributed by atoms with Crippen LogP contribution in [-0.4, -0.2) is 22.6 Å². The fourth-order valence-corrected chi connectivity index (χ4v) is 1.52. The van der Waals surface area contributed by atoms with Crippen LogP contribution >= 0.6 is 15.9 Å². The van der Waals surface area contributed by atoms with Crippen LogP contribution in [0.25, 0.3) is 0 Å². The van der Waals surface area contributed by atoms with Crippen molar-refractivity contribution in [2.45, 2.75) is 4.95 Å². The molecule has 1 aliphatic heterocycles. The van der Waals surface area contributed by atoms with Crippen molar-refractivity contribution in [1.29, 1.82) is 0 Å². The van der Waals surface area contributed by atoms with E-state index in [1.807, 2.05) is 0 Å². The Balaban J connectivity index is 2.37. The normalized spacial score (nSPS) is 18.6. The van der Waals surface area contributed by atoms with Gasteiger partial charge in [0.1, 0.15) is 4.95 Å². The highest BCUT2D eigenvalue weighted by atomic mass is 79.9. The fourth-order valence-electron chi connectivity index (χ4n) is 1.10. The molecule has 1 unspecified atom stereocenters. The van der Waals surface area contributed by atoms with Crippen molar-refractivity contribution in [3.63, 3.8) is 0 Å². The van der Waals surface area contributed by atoms with Gasteiger partial charge in [-0.1, -0.05) is 15.9 Å². The number of nitrogens with zero attached hydrogens (tertiary/aromatic N) is 2. The molecule has 0 spiro atoms. The monoisotopic (exact) mass is 258 g/mol. The molecule has 1 atom stereocenters. The Labute approximate surface area is 88.5 Å². The predicted octanol–water partition coefficient (Wildman–Crippen LogP) is 1.47. The minimum absolute atomic E-state index is 0.0443. The first-order valence-corrected chi connectivity index (χ1v) is 4.78. The summed E-state index contributed by atoms with van der Waals surface area (Å²) in [5.74, 6) is -0.477. The Hall–Kier alpha value is -1.30. The molecule has 14 heavy (non-hydrogen) atoms. The lowest BCUT2D eigenvalue weighted by molar-refractivity contribution is 0.0594. The molecule has 2 rings (SSSR count). The van der Waals surface area contributed by atoms with E-state index in [0.29, 0.717) is 6.01 Å². The number of aromatic nitrogens is 2. The standard InChI is InChI=1S/C8H7BrN2O3/c1-13-7(12)5-4-11-6(9)2-3-14-8(11)10-5/h2-4,6H,1H3. The lowest BCUT2D eigenvalue weighted by Gasteiger charge is -2.13. The summed E-state index contributed by atoms with van der Waals surface area (Å²) in [7, 11) is 1.31. The number of alkyl halides is 1. The van der Waals surface area contributed by atoms with E-state index in [0.717, 1.165) is 0 Å². The number of esters is 1. The largest absolute Gasteiger partial charge is 0.464 e. The minimum atomic E-state index is -0.477. The Morgan fingerprint density at radius 2 is 2.57 bits per heavy atom. The molecule has 0 radical (unpaired) electrons.